The molecule has 110 valence electrons. The maximum absolute atomic E-state index is 10.7. The zero-order valence-corrected chi connectivity index (χ0v) is 12.2. The Morgan fingerprint density at radius 1 is 1.35 bits per heavy atom. The summed E-state index contributed by atoms with van der Waals surface area (Å²) >= 11 is 0. The number of rotatable bonds is 2. The molecule has 1 aromatic rings. The third kappa shape index (κ3) is 2.27. The molecule has 20 heavy (non-hydrogen) atoms. The van der Waals surface area contributed by atoms with E-state index < -0.39 is 6.10 Å². The first-order valence-corrected chi connectivity index (χ1v) is 7.46. The lowest BCUT2D eigenvalue weighted by Crippen LogP contribution is -2.51. The molecule has 0 radical (unpaired) electrons. The zero-order chi connectivity index (χ0) is 14.1. The monoisotopic (exact) mass is 277 g/mol. The quantitative estimate of drug-likeness (QED) is 0.901. The minimum atomic E-state index is -0.505. The van der Waals surface area contributed by atoms with Crippen molar-refractivity contribution in [3.8, 4) is 11.5 Å². The van der Waals surface area contributed by atoms with E-state index in [1.54, 1.807) is 7.11 Å². The van der Waals surface area contributed by atoms with Crippen LogP contribution < -0.4 is 9.47 Å². The second kappa shape index (κ2) is 5.62. The van der Waals surface area contributed by atoms with Crippen LogP contribution in [-0.2, 0) is 0 Å². The zero-order valence-electron chi connectivity index (χ0n) is 12.2. The fraction of sp³-hybridized carbons (Fsp3) is 0.625. The highest BCUT2D eigenvalue weighted by Crippen LogP contribution is 2.41. The van der Waals surface area contributed by atoms with Crippen LogP contribution in [0, 0.1) is 0 Å². The molecule has 0 spiro atoms. The summed E-state index contributed by atoms with van der Waals surface area (Å²) < 4.78 is 11.2. The first-order valence-electron chi connectivity index (χ1n) is 7.46. The van der Waals surface area contributed by atoms with E-state index in [9.17, 15) is 5.11 Å². The smallest absolute Gasteiger partial charge is 0.167 e. The number of hydrogen-bond acceptors (Lipinski definition) is 4. The van der Waals surface area contributed by atoms with Crippen molar-refractivity contribution in [2.75, 3.05) is 20.3 Å². The molecule has 1 fully saturated rings. The lowest BCUT2D eigenvalue weighted by Gasteiger charge is -2.43. The van der Waals surface area contributed by atoms with E-state index >= 15 is 0 Å². The van der Waals surface area contributed by atoms with Gasteiger partial charge in [-0.15, -0.1) is 0 Å². The van der Waals surface area contributed by atoms with Gasteiger partial charge in [-0.1, -0.05) is 18.6 Å². The van der Waals surface area contributed by atoms with Crippen molar-refractivity contribution in [3.05, 3.63) is 23.8 Å². The maximum atomic E-state index is 10.7. The van der Waals surface area contributed by atoms with E-state index in [-0.39, 0.29) is 6.04 Å². The number of benzene rings is 1. The van der Waals surface area contributed by atoms with Crippen LogP contribution >= 0.6 is 0 Å². The number of aliphatic hydroxyl groups is 1. The molecule has 0 saturated carbocycles. The van der Waals surface area contributed by atoms with Gasteiger partial charge in [-0.3, -0.25) is 4.90 Å². The number of piperidine rings is 1. The minimum absolute atomic E-state index is 0.0462. The summed E-state index contributed by atoms with van der Waals surface area (Å²) in [6, 6.07) is 6.27. The van der Waals surface area contributed by atoms with Crippen molar-refractivity contribution in [2.24, 2.45) is 0 Å². The summed E-state index contributed by atoms with van der Waals surface area (Å²) in [5.74, 6) is 1.40. The van der Waals surface area contributed by atoms with Crippen molar-refractivity contribution in [3.63, 3.8) is 0 Å². The number of fused-ring (bicyclic) bond motifs is 1. The number of nitrogens with zero attached hydrogens (tertiary/aromatic N) is 1. The molecule has 0 bridgehead atoms. The van der Waals surface area contributed by atoms with Gasteiger partial charge in [0, 0.05) is 11.6 Å². The number of likely N-dealkylation sites (tertiary alicyclic amines) is 1. The van der Waals surface area contributed by atoms with E-state index in [1.165, 1.54) is 19.3 Å². The second-order valence-electron chi connectivity index (χ2n) is 5.78. The highest BCUT2D eigenvalue weighted by molar-refractivity contribution is 5.49. The molecule has 4 heteroatoms. The van der Waals surface area contributed by atoms with Gasteiger partial charge in [0.1, 0.15) is 12.7 Å². The maximum Gasteiger partial charge on any atom is 0.167 e. The minimum Gasteiger partial charge on any atom is -0.493 e. The van der Waals surface area contributed by atoms with Crippen LogP contribution in [0.2, 0.25) is 0 Å². The van der Waals surface area contributed by atoms with Crippen molar-refractivity contribution in [1.29, 1.82) is 0 Å². The van der Waals surface area contributed by atoms with Gasteiger partial charge in [0.15, 0.2) is 11.5 Å². The third-order valence-corrected chi connectivity index (χ3v) is 4.59. The second-order valence-corrected chi connectivity index (χ2v) is 5.78. The van der Waals surface area contributed by atoms with Crippen LogP contribution in [0.4, 0.5) is 0 Å². The predicted molar refractivity (Wildman–Crippen MR) is 77.3 cm³/mol. The number of para-hydroxylation sites is 1. The van der Waals surface area contributed by atoms with E-state index in [0.717, 1.165) is 12.1 Å². The summed E-state index contributed by atoms with van der Waals surface area (Å²) in [5, 5.41) is 10.7. The summed E-state index contributed by atoms with van der Waals surface area (Å²) in [4.78, 5) is 2.40. The molecule has 3 rings (SSSR count). The van der Waals surface area contributed by atoms with Crippen molar-refractivity contribution in [1.82, 2.24) is 4.90 Å². The lowest BCUT2D eigenvalue weighted by molar-refractivity contribution is -0.0253. The SMILES string of the molecule is COc1cccc2c1OCC(N1CCCCC1C)C2O. The summed E-state index contributed by atoms with van der Waals surface area (Å²) in [5.41, 5.74) is 0.846. The molecular formula is C16H23NO3. The average Bonchev–Trinajstić information content (AvgIpc) is 2.48. The van der Waals surface area contributed by atoms with Crippen LogP contribution in [0.25, 0.3) is 0 Å². The lowest BCUT2D eigenvalue weighted by atomic mass is 9.93. The molecule has 4 nitrogen and oxygen atoms in total. The van der Waals surface area contributed by atoms with E-state index in [0.29, 0.717) is 24.1 Å². The molecular weight excluding hydrogens is 254 g/mol. The van der Waals surface area contributed by atoms with Gasteiger partial charge in [-0.25, -0.2) is 0 Å². The predicted octanol–water partition coefficient (Wildman–Crippen LogP) is 2.36. The molecule has 1 aromatic carbocycles. The standard InChI is InChI=1S/C16H23NO3/c1-11-6-3-4-9-17(11)13-10-20-16-12(15(13)18)7-5-8-14(16)19-2/h5,7-8,11,13,15,18H,3-4,6,9-10H2,1-2H3. The average molecular weight is 277 g/mol. The number of hydrogen-bond donors (Lipinski definition) is 1. The Bertz CT molecular complexity index is 477. The Hall–Kier alpha value is -1.26. The van der Waals surface area contributed by atoms with Gasteiger partial charge >= 0.3 is 0 Å². The Morgan fingerprint density at radius 3 is 2.95 bits per heavy atom. The fourth-order valence-corrected chi connectivity index (χ4v) is 3.44. The van der Waals surface area contributed by atoms with Crippen molar-refractivity contribution in [2.45, 2.75) is 44.4 Å². The van der Waals surface area contributed by atoms with Crippen LogP contribution in [0.3, 0.4) is 0 Å². The van der Waals surface area contributed by atoms with E-state index in [2.05, 4.69) is 11.8 Å². The van der Waals surface area contributed by atoms with Crippen LogP contribution in [0.1, 0.15) is 37.9 Å². The number of aliphatic hydroxyl groups excluding tert-OH is 1. The highest BCUT2D eigenvalue weighted by Gasteiger charge is 2.37. The van der Waals surface area contributed by atoms with Gasteiger partial charge in [0.05, 0.1) is 13.2 Å². The topological polar surface area (TPSA) is 41.9 Å². The molecule has 3 atom stereocenters. The molecule has 0 aromatic heterocycles. The molecule has 3 unspecified atom stereocenters. The Kier molecular flexibility index (Phi) is 3.85. The van der Waals surface area contributed by atoms with Gasteiger partial charge in [-0.2, -0.15) is 0 Å². The van der Waals surface area contributed by atoms with Gasteiger partial charge in [0.25, 0.3) is 0 Å². The van der Waals surface area contributed by atoms with E-state index in [4.69, 9.17) is 9.47 Å². The Balaban J connectivity index is 1.87. The number of ether oxygens (including phenoxy) is 2. The molecule has 1 saturated heterocycles. The first kappa shape index (κ1) is 13.7. The molecule has 1 N–H and O–H groups in total. The van der Waals surface area contributed by atoms with Crippen LogP contribution in [-0.4, -0.2) is 42.4 Å². The van der Waals surface area contributed by atoms with Crippen molar-refractivity contribution < 1.29 is 14.6 Å². The summed E-state index contributed by atoms with van der Waals surface area (Å²) in [7, 11) is 1.63. The van der Waals surface area contributed by atoms with Crippen LogP contribution in [0.15, 0.2) is 18.2 Å². The third-order valence-electron chi connectivity index (χ3n) is 4.59. The van der Waals surface area contributed by atoms with Gasteiger partial charge in [-0.05, 0) is 32.4 Å². The Labute approximate surface area is 120 Å². The normalized spacial score (nSPS) is 30.4. The summed E-state index contributed by atoms with van der Waals surface area (Å²) in [6.45, 7) is 3.82. The van der Waals surface area contributed by atoms with Gasteiger partial charge < -0.3 is 14.6 Å². The molecule has 2 aliphatic rings. The largest absolute Gasteiger partial charge is 0.493 e. The first-order chi connectivity index (χ1) is 9.72. The molecule has 2 heterocycles. The summed E-state index contributed by atoms with van der Waals surface area (Å²) in [6.07, 6.45) is 3.19. The van der Waals surface area contributed by atoms with Crippen molar-refractivity contribution >= 4 is 0 Å². The molecule has 0 aliphatic carbocycles. The number of methoxy groups -OCH3 is 1. The molecule has 2 aliphatic heterocycles. The molecule has 0 amide bonds. The fourth-order valence-electron chi connectivity index (χ4n) is 3.44. The highest BCUT2D eigenvalue weighted by atomic mass is 16.5. The Morgan fingerprint density at radius 2 is 2.20 bits per heavy atom. The van der Waals surface area contributed by atoms with Gasteiger partial charge in [0.2, 0.25) is 0 Å². The van der Waals surface area contributed by atoms with E-state index in [1.807, 2.05) is 18.2 Å². The van der Waals surface area contributed by atoms with Crippen LogP contribution in [0.5, 0.6) is 11.5 Å².